The van der Waals surface area contributed by atoms with Gasteiger partial charge >= 0.3 is 6.03 Å². The minimum absolute atomic E-state index is 0.0931. The molecule has 0 bridgehead atoms. The first-order chi connectivity index (χ1) is 20.4. The number of rotatable bonds is 14. The average Bonchev–Trinajstić information content (AvgIpc) is 3.73. The van der Waals surface area contributed by atoms with Gasteiger partial charge in [-0.15, -0.1) is 11.3 Å². The van der Waals surface area contributed by atoms with E-state index in [1.165, 1.54) is 4.90 Å². The summed E-state index contributed by atoms with van der Waals surface area (Å²) in [5, 5.41) is 4.91. The molecule has 1 N–H and O–H groups in total. The topological polar surface area (TPSA) is 98.8 Å². The molecular formula is C31H39N3O7S. The number of anilines is 1. The Kier molecular flexibility index (Phi) is 11.3. The summed E-state index contributed by atoms with van der Waals surface area (Å²) in [5.41, 5.74) is 1.52. The Hall–Kier alpha value is -3.96. The smallest absolute Gasteiger partial charge is 0.322 e. The van der Waals surface area contributed by atoms with Crippen molar-refractivity contribution in [3.05, 3.63) is 64.4 Å². The van der Waals surface area contributed by atoms with Crippen LogP contribution in [0.3, 0.4) is 0 Å². The van der Waals surface area contributed by atoms with Crippen LogP contribution >= 0.6 is 11.3 Å². The zero-order valence-corrected chi connectivity index (χ0v) is 25.4. The summed E-state index contributed by atoms with van der Waals surface area (Å²) in [6, 6.07) is 14.5. The number of benzene rings is 2. The second-order valence-corrected chi connectivity index (χ2v) is 10.9. The Balaban J connectivity index is 1.51. The van der Waals surface area contributed by atoms with Crippen LogP contribution in [0.4, 0.5) is 10.5 Å². The molecule has 1 saturated heterocycles. The third-order valence-electron chi connectivity index (χ3n) is 7.06. The van der Waals surface area contributed by atoms with Gasteiger partial charge in [0, 0.05) is 48.5 Å². The molecule has 1 atom stereocenters. The molecule has 3 aromatic rings. The molecule has 42 heavy (non-hydrogen) atoms. The average molecular weight is 598 g/mol. The van der Waals surface area contributed by atoms with Crippen molar-refractivity contribution >= 4 is 29.0 Å². The molecule has 1 unspecified atom stereocenters. The third-order valence-corrected chi connectivity index (χ3v) is 7.92. The first-order valence-electron chi connectivity index (χ1n) is 13.8. The standard InChI is InChI=1S/C31H39N3O7S/c1-37-25-16-23(17-26(18-25)38-2)32-31(36)34(19-24-7-5-13-41-24)21-30(35)33(20-27-8-6-14-42-27)12-11-22-9-10-28(39-3)29(15-22)40-4/h6,8-10,14-18,24H,5,7,11-13,19-21H2,1-4H3,(H,32,36). The summed E-state index contributed by atoms with van der Waals surface area (Å²) >= 11 is 1.59. The van der Waals surface area contributed by atoms with Crippen LogP contribution in [0, 0.1) is 0 Å². The van der Waals surface area contributed by atoms with Gasteiger partial charge in [-0.3, -0.25) is 4.79 Å². The highest BCUT2D eigenvalue weighted by atomic mass is 32.1. The lowest BCUT2D eigenvalue weighted by atomic mass is 10.1. The molecule has 0 spiro atoms. The SMILES string of the molecule is COc1cc(NC(=O)N(CC(=O)N(CCc2ccc(OC)c(OC)c2)Cc2cccs2)CC2CCCO2)cc(OC)c1. The summed E-state index contributed by atoms with van der Waals surface area (Å²) < 4.78 is 27.3. The van der Waals surface area contributed by atoms with E-state index >= 15 is 0 Å². The predicted molar refractivity (Wildman–Crippen MR) is 162 cm³/mol. The molecule has 2 heterocycles. The van der Waals surface area contributed by atoms with Crippen molar-refractivity contribution in [3.63, 3.8) is 0 Å². The molecule has 0 saturated carbocycles. The van der Waals surface area contributed by atoms with E-state index in [-0.39, 0.29) is 18.6 Å². The predicted octanol–water partition coefficient (Wildman–Crippen LogP) is 5.07. The van der Waals surface area contributed by atoms with Crippen LogP contribution in [-0.4, -0.2) is 82.5 Å². The van der Waals surface area contributed by atoms with E-state index < -0.39 is 6.03 Å². The monoisotopic (exact) mass is 597 g/mol. The number of urea groups is 1. The van der Waals surface area contributed by atoms with E-state index in [9.17, 15) is 9.59 Å². The van der Waals surface area contributed by atoms with Gasteiger partial charge in [0.05, 0.1) is 41.1 Å². The molecule has 0 aliphatic carbocycles. The molecule has 1 aliphatic rings. The molecule has 226 valence electrons. The maximum absolute atomic E-state index is 13.8. The molecule has 11 heteroatoms. The summed E-state index contributed by atoms with van der Waals surface area (Å²) in [7, 11) is 6.30. The van der Waals surface area contributed by atoms with E-state index in [2.05, 4.69) is 5.32 Å². The lowest BCUT2D eigenvalue weighted by Gasteiger charge is -2.29. The summed E-state index contributed by atoms with van der Waals surface area (Å²) in [5.74, 6) is 2.23. The minimum Gasteiger partial charge on any atom is -0.497 e. The van der Waals surface area contributed by atoms with Gasteiger partial charge in [-0.05, 0) is 48.4 Å². The Morgan fingerprint density at radius 1 is 0.952 bits per heavy atom. The minimum atomic E-state index is -0.398. The van der Waals surface area contributed by atoms with Crippen LogP contribution in [0.25, 0.3) is 0 Å². The largest absolute Gasteiger partial charge is 0.497 e. The molecule has 2 aromatic carbocycles. The van der Waals surface area contributed by atoms with Crippen molar-refractivity contribution in [1.82, 2.24) is 9.80 Å². The van der Waals surface area contributed by atoms with Crippen molar-refractivity contribution in [2.45, 2.75) is 31.9 Å². The van der Waals surface area contributed by atoms with Crippen molar-refractivity contribution < 1.29 is 33.3 Å². The maximum Gasteiger partial charge on any atom is 0.322 e. The van der Waals surface area contributed by atoms with Gasteiger partial charge in [-0.2, -0.15) is 0 Å². The van der Waals surface area contributed by atoms with Crippen LogP contribution in [-0.2, 0) is 22.5 Å². The molecule has 1 fully saturated rings. The van der Waals surface area contributed by atoms with E-state index in [0.29, 0.717) is 61.3 Å². The Labute approximate surface area is 251 Å². The molecule has 3 amide bonds. The van der Waals surface area contributed by atoms with Gasteiger partial charge in [0.1, 0.15) is 18.0 Å². The fraction of sp³-hybridized carbons (Fsp3) is 0.419. The highest BCUT2D eigenvalue weighted by molar-refractivity contribution is 7.09. The molecule has 4 rings (SSSR count). The molecule has 1 aromatic heterocycles. The lowest BCUT2D eigenvalue weighted by Crippen LogP contribution is -2.47. The first kappa shape index (κ1) is 31.0. The van der Waals surface area contributed by atoms with E-state index in [1.807, 2.05) is 35.7 Å². The van der Waals surface area contributed by atoms with Crippen molar-refractivity contribution in [2.75, 3.05) is 60.0 Å². The number of carbonyl (C=O) groups excluding carboxylic acids is 2. The molecule has 10 nitrogen and oxygen atoms in total. The summed E-state index contributed by atoms with van der Waals surface area (Å²) in [6.45, 7) is 1.78. The highest BCUT2D eigenvalue weighted by Crippen LogP contribution is 2.28. The van der Waals surface area contributed by atoms with Crippen LogP contribution in [0.1, 0.15) is 23.3 Å². The molecular weight excluding hydrogens is 558 g/mol. The van der Waals surface area contributed by atoms with Gasteiger partial charge < -0.3 is 38.8 Å². The number of methoxy groups -OCH3 is 4. The number of amides is 3. The van der Waals surface area contributed by atoms with Gasteiger partial charge in [-0.1, -0.05) is 12.1 Å². The maximum atomic E-state index is 13.8. The Morgan fingerprint density at radius 2 is 1.71 bits per heavy atom. The van der Waals surface area contributed by atoms with Crippen molar-refractivity contribution in [2.24, 2.45) is 0 Å². The van der Waals surface area contributed by atoms with Crippen LogP contribution in [0.2, 0.25) is 0 Å². The summed E-state index contributed by atoms with van der Waals surface area (Å²) in [4.78, 5) is 31.8. The van der Waals surface area contributed by atoms with Crippen LogP contribution < -0.4 is 24.3 Å². The zero-order chi connectivity index (χ0) is 29.9. The highest BCUT2D eigenvalue weighted by Gasteiger charge is 2.27. The van der Waals surface area contributed by atoms with Gasteiger partial charge in [0.15, 0.2) is 11.5 Å². The van der Waals surface area contributed by atoms with Gasteiger partial charge in [-0.25, -0.2) is 4.79 Å². The van der Waals surface area contributed by atoms with E-state index in [4.69, 9.17) is 23.7 Å². The van der Waals surface area contributed by atoms with Crippen LogP contribution in [0.15, 0.2) is 53.9 Å². The second-order valence-electron chi connectivity index (χ2n) is 9.88. The number of hydrogen-bond acceptors (Lipinski definition) is 8. The summed E-state index contributed by atoms with van der Waals surface area (Å²) in [6.07, 6.45) is 2.25. The molecule has 1 aliphatic heterocycles. The fourth-order valence-electron chi connectivity index (χ4n) is 4.78. The third kappa shape index (κ3) is 8.53. The second kappa shape index (κ2) is 15.3. The van der Waals surface area contributed by atoms with Crippen molar-refractivity contribution in [3.8, 4) is 23.0 Å². The van der Waals surface area contributed by atoms with E-state index in [0.717, 1.165) is 23.3 Å². The van der Waals surface area contributed by atoms with E-state index in [1.54, 1.807) is 62.9 Å². The Morgan fingerprint density at radius 3 is 2.33 bits per heavy atom. The number of hydrogen-bond donors (Lipinski definition) is 1. The van der Waals surface area contributed by atoms with Crippen molar-refractivity contribution in [1.29, 1.82) is 0 Å². The fourth-order valence-corrected chi connectivity index (χ4v) is 5.50. The number of thiophene rings is 1. The lowest BCUT2D eigenvalue weighted by molar-refractivity contribution is -0.132. The van der Waals surface area contributed by atoms with Gasteiger partial charge in [0.25, 0.3) is 0 Å². The first-order valence-corrected chi connectivity index (χ1v) is 14.7. The van der Waals surface area contributed by atoms with Crippen LogP contribution in [0.5, 0.6) is 23.0 Å². The number of nitrogens with one attached hydrogen (secondary N) is 1. The quantitative estimate of drug-likeness (QED) is 0.277. The number of ether oxygens (including phenoxy) is 5. The molecule has 0 radical (unpaired) electrons. The number of carbonyl (C=O) groups is 2. The number of nitrogens with zero attached hydrogens (tertiary/aromatic N) is 2. The normalized spacial score (nSPS) is 14.2. The zero-order valence-electron chi connectivity index (χ0n) is 24.6. The Bertz CT molecular complexity index is 1290. The van der Waals surface area contributed by atoms with Gasteiger partial charge in [0.2, 0.25) is 5.91 Å².